The van der Waals surface area contributed by atoms with Crippen LogP contribution in [-0.2, 0) is 10.0 Å². The highest BCUT2D eigenvalue weighted by atomic mass is 79.9. The van der Waals surface area contributed by atoms with Crippen LogP contribution < -0.4 is 5.32 Å². The maximum absolute atomic E-state index is 12.3. The van der Waals surface area contributed by atoms with Crippen LogP contribution in [-0.4, -0.2) is 50.1 Å². The molecule has 0 unspecified atom stereocenters. The topological polar surface area (TPSA) is 69.6 Å². The predicted molar refractivity (Wildman–Crippen MR) is 69.6 cm³/mol. The highest BCUT2D eigenvalue weighted by Crippen LogP contribution is 2.29. The Bertz CT molecular complexity index is 502. The summed E-state index contributed by atoms with van der Waals surface area (Å²) in [6.45, 7) is 0.905. The first-order valence-corrected chi connectivity index (χ1v) is 8.10. The van der Waals surface area contributed by atoms with E-state index in [0.29, 0.717) is 13.1 Å². The van der Waals surface area contributed by atoms with Crippen LogP contribution in [0.3, 0.4) is 0 Å². The van der Waals surface area contributed by atoms with Crippen LogP contribution in [0.1, 0.15) is 0 Å². The Balaban J connectivity index is 2.26. The molecule has 1 aromatic rings. The summed E-state index contributed by atoms with van der Waals surface area (Å²) in [5.74, 6) is 0. The van der Waals surface area contributed by atoms with Gasteiger partial charge in [-0.05, 0) is 28.1 Å². The monoisotopic (exact) mass is 340 g/mol. The van der Waals surface area contributed by atoms with Crippen molar-refractivity contribution >= 4 is 37.3 Å². The number of thiophene rings is 1. The number of aliphatic hydroxyl groups is 1. The summed E-state index contributed by atoms with van der Waals surface area (Å²) < 4.78 is 26.8. The summed E-state index contributed by atoms with van der Waals surface area (Å²) in [5.41, 5.74) is 0. The normalized spacial score (nSPS) is 25.6. The molecule has 2 rings (SSSR count). The molecule has 1 saturated heterocycles. The standard InChI is InChI=1S/C9H13BrN2O3S2/c1-12(6-4-11-5-7(6)13)17(14,15)9-3-2-8(10)16-9/h2-3,6-7,11,13H,4-5H2,1H3/t6-,7-/m0/s1. The van der Waals surface area contributed by atoms with Gasteiger partial charge < -0.3 is 10.4 Å². The third-order valence-corrected chi connectivity index (χ3v) is 6.77. The number of hydrogen-bond acceptors (Lipinski definition) is 5. The second-order valence-electron chi connectivity index (χ2n) is 3.87. The van der Waals surface area contributed by atoms with Gasteiger partial charge >= 0.3 is 0 Å². The van der Waals surface area contributed by atoms with Crippen LogP contribution in [0, 0.1) is 0 Å². The van der Waals surface area contributed by atoms with Gasteiger partial charge in [-0.25, -0.2) is 8.42 Å². The number of likely N-dealkylation sites (N-methyl/N-ethyl adjacent to an activating group) is 1. The van der Waals surface area contributed by atoms with Gasteiger partial charge in [0.05, 0.1) is 15.9 Å². The number of halogens is 1. The van der Waals surface area contributed by atoms with E-state index in [9.17, 15) is 13.5 Å². The Morgan fingerprint density at radius 3 is 2.71 bits per heavy atom. The number of nitrogens with zero attached hydrogens (tertiary/aromatic N) is 1. The Morgan fingerprint density at radius 1 is 1.53 bits per heavy atom. The zero-order valence-electron chi connectivity index (χ0n) is 9.13. The van der Waals surface area contributed by atoms with Gasteiger partial charge in [-0.1, -0.05) is 0 Å². The molecule has 0 bridgehead atoms. The van der Waals surface area contributed by atoms with Gasteiger partial charge in [0, 0.05) is 20.1 Å². The molecule has 0 spiro atoms. The molecule has 96 valence electrons. The van der Waals surface area contributed by atoms with Crippen molar-refractivity contribution in [1.29, 1.82) is 0 Å². The van der Waals surface area contributed by atoms with E-state index < -0.39 is 22.2 Å². The van der Waals surface area contributed by atoms with E-state index in [0.717, 1.165) is 3.79 Å². The Kier molecular flexibility index (Phi) is 3.91. The molecule has 1 aliphatic heterocycles. The zero-order chi connectivity index (χ0) is 12.6. The van der Waals surface area contributed by atoms with E-state index in [-0.39, 0.29) is 4.21 Å². The van der Waals surface area contributed by atoms with E-state index >= 15 is 0 Å². The molecule has 2 atom stereocenters. The molecule has 0 aromatic carbocycles. The minimum absolute atomic E-state index is 0.283. The van der Waals surface area contributed by atoms with E-state index in [1.54, 1.807) is 12.1 Å². The maximum Gasteiger partial charge on any atom is 0.252 e. The van der Waals surface area contributed by atoms with Crippen LogP contribution in [0.2, 0.25) is 0 Å². The minimum Gasteiger partial charge on any atom is -0.390 e. The van der Waals surface area contributed by atoms with Crippen LogP contribution in [0.25, 0.3) is 0 Å². The molecule has 2 N–H and O–H groups in total. The molecule has 1 fully saturated rings. The summed E-state index contributed by atoms with van der Waals surface area (Å²) >= 11 is 4.41. The second-order valence-corrected chi connectivity index (χ2v) is 8.56. The molecule has 1 aromatic heterocycles. The lowest BCUT2D eigenvalue weighted by atomic mass is 10.2. The Labute approximate surface area is 113 Å². The fourth-order valence-electron chi connectivity index (χ4n) is 1.78. The van der Waals surface area contributed by atoms with Crippen molar-refractivity contribution in [2.24, 2.45) is 0 Å². The van der Waals surface area contributed by atoms with Gasteiger partial charge in [-0.3, -0.25) is 0 Å². The van der Waals surface area contributed by atoms with Crippen LogP contribution in [0.15, 0.2) is 20.1 Å². The smallest absolute Gasteiger partial charge is 0.252 e. The van der Waals surface area contributed by atoms with Crippen molar-refractivity contribution in [3.05, 3.63) is 15.9 Å². The lowest BCUT2D eigenvalue weighted by Crippen LogP contribution is -2.43. The molecule has 5 nitrogen and oxygen atoms in total. The predicted octanol–water partition coefficient (Wildman–Crippen LogP) is 0.464. The Hall–Kier alpha value is 0.01000. The maximum atomic E-state index is 12.3. The van der Waals surface area contributed by atoms with E-state index in [1.807, 2.05) is 0 Å². The average molecular weight is 341 g/mol. The second kappa shape index (κ2) is 4.94. The van der Waals surface area contributed by atoms with Gasteiger partial charge in [-0.15, -0.1) is 11.3 Å². The van der Waals surface area contributed by atoms with Gasteiger partial charge in [-0.2, -0.15) is 4.31 Å². The van der Waals surface area contributed by atoms with Crippen LogP contribution in [0.5, 0.6) is 0 Å². The minimum atomic E-state index is -3.51. The molecule has 8 heteroatoms. The molecule has 0 aliphatic carbocycles. The molecule has 2 heterocycles. The summed E-state index contributed by atoms with van der Waals surface area (Å²) in [7, 11) is -2.01. The summed E-state index contributed by atoms with van der Waals surface area (Å²) in [5, 5.41) is 12.7. The molecular formula is C9H13BrN2O3S2. The quantitative estimate of drug-likeness (QED) is 0.838. The largest absolute Gasteiger partial charge is 0.390 e. The molecule has 0 radical (unpaired) electrons. The Morgan fingerprint density at radius 2 is 2.24 bits per heavy atom. The molecular weight excluding hydrogens is 328 g/mol. The third kappa shape index (κ3) is 2.56. The van der Waals surface area contributed by atoms with Crippen molar-refractivity contribution in [3.63, 3.8) is 0 Å². The lowest BCUT2D eigenvalue weighted by Gasteiger charge is -2.24. The highest BCUT2D eigenvalue weighted by molar-refractivity contribution is 9.11. The van der Waals surface area contributed by atoms with Crippen molar-refractivity contribution < 1.29 is 13.5 Å². The van der Waals surface area contributed by atoms with Crippen molar-refractivity contribution in [2.75, 3.05) is 20.1 Å². The van der Waals surface area contributed by atoms with Crippen molar-refractivity contribution in [1.82, 2.24) is 9.62 Å². The van der Waals surface area contributed by atoms with Crippen LogP contribution in [0.4, 0.5) is 0 Å². The van der Waals surface area contributed by atoms with Gasteiger partial charge in [0.2, 0.25) is 0 Å². The van der Waals surface area contributed by atoms with Crippen LogP contribution >= 0.6 is 27.3 Å². The molecule has 17 heavy (non-hydrogen) atoms. The first-order chi connectivity index (χ1) is 7.93. The SMILES string of the molecule is CN([C@H]1CNC[C@@H]1O)S(=O)(=O)c1ccc(Br)s1. The number of aliphatic hydroxyl groups excluding tert-OH is 1. The number of sulfonamides is 1. The number of β-amino-alcohol motifs (C(OH)–C–C–N with tert-alkyl or cyclic N) is 1. The zero-order valence-corrected chi connectivity index (χ0v) is 12.3. The van der Waals surface area contributed by atoms with Crippen molar-refractivity contribution in [2.45, 2.75) is 16.4 Å². The van der Waals surface area contributed by atoms with E-state index in [4.69, 9.17) is 0 Å². The summed E-state index contributed by atoms with van der Waals surface area (Å²) in [4.78, 5) is 0. The molecule has 1 aliphatic rings. The highest BCUT2D eigenvalue weighted by Gasteiger charge is 2.36. The molecule has 0 amide bonds. The number of hydrogen-bond donors (Lipinski definition) is 2. The van der Waals surface area contributed by atoms with Gasteiger partial charge in [0.1, 0.15) is 4.21 Å². The van der Waals surface area contributed by atoms with Gasteiger partial charge in [0.15, 0.2) is 0 Å². The summed E-state index contributed by atoms with van der Waals surface area (Å²) in [6, 6.07) is 2.87. The first kappa shape index (κ1) is 13.4. The van der Waals surface area contributed by atoms with Gasteiger partial charge in [0.25, 0.3) is 10.0 Å². The fraction of sp³-hybridized carbons (Fsp3) is 0.556. The lowest BCUT2D eigenvalue weighted by molar-refractivity contribution is 0.136. The summed E-state index contributed by atoms with van der Waals surface area (Å²) in [6.07, 6.45) is -0.654. The van der Waals surface area contributed by atoms with E-state index in [2.05, 4.69) is 21.2 Å². The fourth-order valence-corrected chi connectivity index (χ4v) is 5.36. The average Bonchev–Trinajstić information content (AvgIpc) is 2.86. The molecule has 0 saturated carbocycles. The van der Waals surface area contributed by atoms with Crippen molar-refractivity contribution in [3.8, 4) is 0 Å². The first-order valence-electron chi connectivity index (χ1n) is 5.05. The number of nitrogens with one attached hydrogen (secondary N) is 1. The third-order valence-electron chi connectivity index (χ3n) is 2.80. The number of rotatable bonds is 3. The van der Waals surface area contributed by atoms with E-state index in [1.165, 1.54) is 22.7 Å².